The Labute approximate surface area is 327 Å². The Balaban J connectivity index is 1.21. The second kappa shape index (κ2) is 12.4. The summed E-state index contributed by atoms with van der Waals surface area (Å²) in [5, 5.41) is 6.92. The van der Waals surface area contributed by atoms with E-state index in [1.165, 1.54) is 16.3 Å². The van der Waals surface area contributed by atoms with E-state index in [1.54, 1.807) is 0 Å². The van der Waals surface area contributed by atoms with Crippen LogP contribution in [0.2, 0.25) is 0 Å². The van der Waals surface area contributed by atoms with Crippen LogP contribution in [0.1, 0.15) is 0 Å². The van der Waals surface area contributed by atoms with E-state index in [9.17, 15) is 0 Å². The van der Waals surface area contributed by atoms with Crippen molar-refractivity contribution < 1.29 is 4.42 Å². The quantitative estimate of drug-likeness (QED) is 0.177. The van der Waals surface area contributed by atoms with Gasteiger partial charge in [-0.25, -0.2) is 9.97 Å². The van der Waals surface area contributed by atoms with Crippen molar-refractivity contribution in [2.45, 2.75) is 0 Å². The van der Waals surface area contributed by atoms with Crippen LogP contribution in [0.15, 0.2) is 199 Å². The molecule has 0 radical (unpaired) electrons. The van der Waals surface area contributed by atoms with E-state index >= 15 is 0 Å². The topological polar surface area (TPSA) is 48.8 Å². The minimum atomic E-state index is 0.689. The number of nitrogens with zero attached hydrogens (tertiary/aromatic N) is 4. The number of furan rings is 1. The van der Waals surface area contributed by atoms with E-state index in [2.05, 4.69) is 179 Å². The zero-order chi connectivity index (χ0) is 37.5. The monoisotopic (exact) mass is 728 g/mol. The van der Waals surface area contributed by atoms with Gasteiger partial charge in [0.25, 0.3) is 0 Å². The van der Waals surface area contributed by atoms with E-state index in [4.69, 9.17) is 14.4 Å². The summed E-state index contributed by atoms with van der Waals surface area (Å²) in [6.45, 7) is 0. The third-order valence-corrected chi connectivity index (χ3v) is 11.3. The molecule has 8 aromatic carbocycles. The Morgan fingerprint density at radius 1 is 0.368 bits per heavy atom. The zero-order valence-electron chi connectivity index (χ0n) is 30.7. The van der Waals surface area contributed by atoms with Gasteiger partial charge < -0.3 is 13.6 Å². The highest BCUT2D eigenvalue weighted by atomic mass is 16.3. The van der Waals surface area contributed by atoms with Gasteiger partial charge in [-0.3, -0.25) is 0 Å². The van der Waals surface area contributed by atoms with Crippen LogP contribution in [-0.4, -0.2) is 19.1 Å². The number of rotatable bonds is 5. The summed E-state index contributed by atoms with van der Waals surface area (Å²) in [7, 11) is 0. The third-order valence-electron chi connectivity index (χ3n) is 11.3. The van der Waals surface area contributed by atoms with Crippen LogP contribution in [0.3, 0.4) is 0 Å². The second-order valence-corrected chi connectivity index (χ2v) is 14.5. The molecule has 4 aromatic heterocycles. The lowest BCUT2D eigenvalue weighted by molar-refractivity contribution is 0.671. The lowest BCUT2D eigenvalue weighted by atomic mass is 10.0. The van der Waals surface area contributed by atoms with Crippen molar-refractivity contribution >= 4 is 65.6 Å². The summed E-state index contributed by atoms with van der Waals surface area (Å²) in [4.78, 5) is 10.3. The largest absolute Gasteiger partial charge is 0.454 e. The molecule has 0 aliphatic heterocycles. The predicted molar refractivity (Wildman–Crippen MR) is 234 cm³/mol. The number of hydrogen-bond donors (Lipinski definition) is 0. The highest BCUT2D eigenvalue weighted by Crippen LogP contribution is 2.49. The van der Waals surface area contributed by atoms with Crippen molar-refractivity contribution in [2.24, 2.45) is 0 Å². The molecule has 0 saturated carbocycles. The minimum Gasteiger partial charge on any atom is -0.454 e. The molecule has 4 heterocycles. The zero-order valence-corrected chi connectivity index (χ0v) is 30.7. The lowest BCUT2D eigenvalue weighted by Gasteiger charge is -2.13. The summed E-state index contributed by atoms with van der Waals surface area (Å²) in [5.41, 5.74) is 13.1. The maximum atomic E-state index is 7.02. The molecule has 0 aliphatic carbocycles. The first kappa shape index (κ1) is 31.6. The van der Waals surface area contributed by atoms with Crippen molar-refractivity contribution in [3.63, 3.8) is 0 Å². The third kappa shape index (κ3) is 4.76. The van der Waals surface area contributed by atoms with Crippen molar-refractivity contribution in [1.29, 1.82) is 0 Å². The van der Waals surface area contributed by atoms with Crippen molar-refractivity contribution in [3.05, 3.63) is 194 Å². The van der Waals surface area contributed by atoms with Crippen molar-refractivity contribution in [1.82, 2.24) is 19.1 Å². The van der Waals surface area contributed by atoms with Crippen molar-refractivity contribution in [2.75, 3.05) is 0 Å². The lowest BCUT2D eigenvalue weighted by Crippen LogP contribution is -1.98. The maximum Gasteiger partial charge on any atom is 0.160 e. The molecule has 5 heteroatoms. The Morgan fingerprint density at radius 3 is 1.61 bits per heavy atom. The van der Waals surface area contributed by atoms with E-state index in [0.717, 1.165) is 88.7 Å². The first-order valence-corrected chi connectivity index (χ1v) is 19.3. The van der Waals surface area contributed by atoms with Crippen LogP contribution in [-0.2, 0) is 0 Å². The summed E-state index contributed by atoms with van der Waals surface area (Å²) in [6, 6.07) is 68.1. The Hall–Kier alpha value is -7.76. The van der Waals surface area contributed by atoms with Crippen LogP contribution < -0.4 is 0 Å². The minimum absolute atomic E-state index is 0.689. The molecule has 0 fully saturated rings. The fourth-order valence-electron chi connectivity index (χ4n) is 8.87. The number of fused-ring (bicyclic) bond motifs is 12. The molecule has 12 rings (SSSR count). The van der Waals surface area contributed by atoms with E-state index in [0.29, 0.717) is 5.82 Å². The number of hydrogen-bond acceptors (Lipinski definition) is 3. The van der Waals surface area contributed by atoms with E-state index < -0.39 is 0 Å². The summed E-state index contributed by atoms with van der Waals surface area (Å²) in [6.07, 6.45) is 0. The second-order valence-electron chi connectivity index (χ2n) is 14.5. The highest BCUT2D eigenvalue weighted by Gasteiger charge is 2.27. The molecule has 0 aliphatic rings. The fraction of sp³-hybridized carbons (Fsp3) is 0. The molecule has 0 bridgehead atoms. The standard InChI is InChI=1S/C52H32N4O/c1-4-17-33(18-5-1)41-32-42(54-52(53-41)34-19-6-2-7-20-34)35-21-16-24-37(31-35)56-44-29-14-11-26-39(44)48-49-46(47-40-27-12-15-30-45(40)57-51(47)50(48)56)38-25-10-13-28-43(38)55(49)36-22-8-3-9-23-36/h1-32H. The van der Waals surface area contributed by atoms with Gasteiger partial charge in [0.15, 0.2) is 11.4 Å². The molecule has 0 atom stereocenters. The van der Waals surface area contributed by atoms with Crippen LogP contribution in [0.5, 0.6) is 0 Å². The summed E-state index contributed by atoms with van der Waals surface area (Å²) < 4.78 is 11.9. The van der Waals surface area contributed by atoms with Crippen molar-refractivity contribution in [3.8, 4) is 45.3 Å². The number of para-hydroxylation sites is 4. The number of benzene rings is 8. The molecule has 0 N–H and O–H groups in total. The normalized spacial score (nSPS) is 11.9. The molecule has 266 valence electrons. The molecule has 0 saturated heterocycles. The molecular formula is C52H32N4O. The Bertz CT molecular complexity index is 3450. The smallest absolute Gasteiger partial charge is 0.160 e. The van der Waals surface area contributed by atoms with Gasteiger partial charge in [-0.15, -0.1) is 0 Å². The molecule has 0 amide bonds. The molecule has 0 unspecified atom stereocenters. The molecule has 57 heavy (non-hydrogen) atoms. The van der Waals surface area contributed by atoms with Crippen LogP contribution in [0, 0.1) is 0 Å². The fourth-order valence-corrected chi connectivity index (χ4v) is 8.87. The summed E-state index contributed by atoms with van der Waals surface area (Å²) in [5.74, 6) is 0.689. The highest BCUT2D eigenvalue weighted by molar-refractivity contribution is 6.39. The van der Waals surface area contributed by atoms with Gasteiger partial charge in [-0.2, -0.15) is 0 Å². The molecule has 12 aromatic rings. The van der Waals surface area contributed by atoms with Gasteiger partial charge in [0.2, 0.25) is 0 Å². The van der Waals surface area contributed by atoms with Gasteiger partial charge in [-0.05, 0) is 48.5 Å². The van der Waals surface area contributed by atoms with Gasteiger partial charge in [0.05, 0.1) is 33.5 Å². The van der Waals surface area contributed by atoms with Crippen LogP contribution >= 0.6 is 0 Å². The average Bonchev–Trinajstić information content (AvgIpc) is 3.95. The van der Waals surface area contributed by atoms with E-state index in [1.807, 2.05) is 24.3 Å². The van der Waals surface area contributed by atoms with Gasteiger partial charge in [0, 0.05) is 60.4 Å². The first-order valence-electron chi connectivity index (χ1n) is 19.3. The SMILES string of the molecule is c1ccc(-c2cc(-c3cccc(-n4c5ccccc5c5c4c4oc6ccccc6c4c4c6ccccc6n(-c6ccccc6)c45)c3)nc(-c3ccccc3)n2)cc1. The number of aromatic nitrogens is 4. The molecule has 0 spiro atoms. The Kier molecular flexibility index (Phi) is 6.86. The molecular weight excluding hydrogens is 697 g/mol. The summed E-state index contributed by atoms with van der Waals surface area (Å²) >= 11 is 0. The van der Waals surface area contributed by atoms with Gasteiger partial charge in [0.1, 0.15) is 5.58 Å². The molecule has 5 nitrogen and oxygen atoms in total. The maximum absolute atomic E-state index is 7.02. The van der Waals surface area contributed by atoms with Crippen LogP contribution in [0.4, 0.5) is 0 Å². The van der Waals surface area contributed by atoms with Crippen LogP contribution in [0.25, 0.3) is 111 Å². The average molecular weight is 729 g/mol. The first-order chi connectivity index (χ1) is 28.3. The van der Waals surface area contributed by atoms with Gasteiger partial charge >= 0.3 is 0 Å². The van der Waals surface area contributed by atoms with E-state index in [-0.39, 0.29) is 0 Å². The van der Waals surface area contributed by atoms with Gasteiger partial charge in [-0.1, -0.05) is 146 Å². The predicted octanol–water partition coefficient (Wildman–Crippen LogP) is 13.6. The Morgan fingerprint density at radius 2 is 0.895 bits per heavy atom.